The Morgan fingerprint density at radius 1 is 1.14 bits per heavy atom. The van der Waals surface area contributed by atoms with E-state index in [9.17, 15) is 9.59 Å². The summed E-state index contributed by atoms with van der Waals surface area (Å²) < 4.78 is 10.8. The Morgan fingerprint density at radius 3 is 2.62 bits per heavy atom. The van der Waals surface area contributed by atoms with Gasteiger partial charge in [-0.25, -0.2) is 4.79 Å². The number of carbonyl (C=O) groups excluding carboxylic acids is 2. The standard InChI is InChI=1S/C22H26N2O4S/c1-15(28-22(26)19-14-29-20-5-3-2-4-18(19)20)21(25)23-16-6-8-17(9-7-16)24-10-12-27-13-11-24/h6-9,14-15H,2-5,10-13H2,1H3,(H,23,25)/t15-/m1/s1. The van der Waals surface area contributed by atoms with Crippen molar-refractivity contribution in [3.63, 3.8) is 0 Å². The summed E-state index contributed by atoms with van der Waals surface area (Å²) in [5, 5.41) is 4.70. The van der Waals surface area contributed by atoms with E-state index in [0.29, 0.717) is 11.3 Å². The van der Waals surface area contributed by atoms with Crippen molar-refractivity contribution in [1.82, 2.24) is 0 Å². The molecule has 6 nitrogen and oxygen atoms in total. The molecule has 1 aliphatic heterocycles. The highest BCUT2D eigenvalue weighted by Crippen LogP contribution is 2.30. The summed E-state index contributed by atoms with van der Waals surface area (Å²) in [6, 6.07) is 7.70. The zero-order chi connectivity index (χ0) is 20.2. The Bertz CT molecular complexity index is 871. The van der Waals surface area contributed by atoms with Crippen LogP contribution in [-0.4, -0.2) is 44.3 Å². The van der Waals surface area contributed by atoms with Gasteiger partial charge in [0, 0.05) is 34.7 Å². The first kappa shape index (κ1) is 19.9. The molecule has 1 fully saturated rings. The van der Waals surface area contributed by atoms with Crippen LogP contribution in [0, 0.1) is 0 Å². The van der Waals surface area contributed by atoms with Gasteiger partial charge in [0.2, 0.25) is 0 Å². The number of hydrogen-bond donors (Lipinski definition) is 1. The van der Waals surface area contributed by atoms with Crippen LogP contribution in [0.5, 0.6) is 0 Å². The lowest BCUT2D eigenvalue weighted by Crippen LogP contribution is -2.36. The summed E-state index contributed by atoms with van der Waals surface area (Å²) in [6.45, 7) is 4.80. The molecule has 0 bridgehead atoms. The maximum atomic E-state index is 12.6. The zero-order valence-electron chi connectivity index (χ0n) is 16.6. The first-order valence-electron chi connectivity index (χ1n) is 10.2. The number of morpholine rings is 1. The van der Waals surface area contributed by atoms with Gasteiger partial charge in [-0.1, -0.05) is 0 Å². The minimum atomic E-state index is -0.861. The molecule has 7 heteroatoms. The van der Waals surface area contributed by atoms with Gasteiger partial charge in [0.15, 0.2) is 6.10 Å². The lowest BCUT2D eigenvalue weighted by Gasteiger charge is -2.28. The Kier molecular flexibility index (Phi) is 6.16. The first-order valence-corrected chi connectivity index (χ1v) is 11.0. The van der Waals surface area contributed by atoms with Crippen LogP contribution in [0.1, 0.15) is 40.6 Å². The Balaban J connectivity index is 1.33. The molecule has 0 unspecified atom stereocenters. The lowest BCUT2D eigenvalue weighted by atomic mass is 9.96. The second-order valence-electron chi connectivity index (χ2n) is 7.44. The SMILES string of the molecule is C[C@@H](OC(=O)c1csc2c1CCCC2)C(=O)Nc1ccc(N2CCOCC2)cc1. The van der Waals surface area contributed by atoms with E-state index in [1.807, 2.05) is 29.6 Å². The van der Waals surface area contributed by atoms with Crippen molar-refractivity contribution in [3.8, 4) is 0 Å². The number of fused-ring (bicyclic) bond motifs is 1. The van der Waals surface area contributed by atoms with E-state index in [-0.39, 0.29) is 5.91 Å². The van der Waals surface area contributed by atoms with Gasteiger partial charge in [0.1, 0.15) is 0 Å². The molecule has 1 saturated heterocycles. The second kappa shape index (κ2) is 8.97. The van der Waals surface area contributed by atoms with E-state index in [4.69, 9.17) is 9.47 Å². The van der Waals surface area contributed by atoms with Crippen molar-refractivity contribution < 1.29 is 19.1 Å². The maximum Gasteiger partial charge on any atom is 0.340 e. The van der Waals surface area contributed by atoms with Gasteiger partial charge in [-0.15, -0.1) is 11.3 Å². The molecule has 1 N–H and O–H groups in total. The summed E-state index contributed by atoms with van der Waals surface area (Å²) in [7, 11) is 0. The number of benzene rings is 1. The van der Waals surface area contributed by atoms with E-state index in [0.717, 1.165) is 56.8 Å². The highest BCUT2D eigenvalue weighted by atomic mass is 32.1. The number of ether oxygens (including phenoxy) is 2. The average molecular weight is 415 g/mol. The number of thiophene rings is 1. The number of aryl methyl sites for hydroxylation is 1. The average Bonchev–Trinajstić information content (AvgIpc) is 3.19. The third-order valence-electron chi connectivity index (χ3n) is 5.45. The van der Waals surface area contributed by atoms with Crippen LogP contribution in [-0.2, 0) is 27.1 Å². The molecule has 1 atom stereocenters. The van der Waals surface area contributed by atoms with Crippen LogP contribution < -0.4 is 10.2 Å². The molecule has 2 heterocycles. The number of carbonyl (C=O) groups is 2. The number of hydrogen-bond acceptors (Lipinski definition) is 6. The van der Waals surface area contributed by atoms with Gasteiger partial charge in [-0.3, -0.25) is 4.79 Å². The predicted molar refractivity (Wildman–Crippen MR) is 114 cm³/mol. The van der Waals surface area contributed by atoms with Crippen LogP contribution in [0.2, 0.25) is 0 Å². The fourth-order valence-electron chi connectivity index (χ4n) is 3.76. The van der Waals surface area contributed by atoms with E-state index in [1.165, 1.54) is 11.3 Å². The normalized spacial score (nSPS) is 17.3. The molecule has 0 spiro atoms. The quantitative estimate of drug-likeness (QED) is 0.757. The molecule has 154 valence electrons. The third-order valence-corrected chi connectivity index (χ3v) is 6.53. The highest BCUT2D eigenvalue weighted by molar-refractivity contribution is 7.10. The molecule has 0 radical (unpaired) electrons. The summed E-state index contributed by atoms with van der Waals surface area (Å²) in [5.74, 6) is -0.740. The van der Waals surface area contributed by atoms with E-state index in [1.54, 1.807) is 18.3 Å². The van der Waals surface area contributed by atoms with Crippen molar-refractivity contribution >= 4 is 34.6 Å². The molecule has 1 amide bonds. The van der Waals surface area contributed by atoms with E-state index in [2.05, 4.69) is 10.2 Å². The summed E-state index contributed by atoms with van der Waals surface area (Å²) in [5.41, 5.74) is 3.52. The number of nitrogens with zero attached hydrogens (tertiary/aromatic N) is 1. The van der Waals surface area contributed by atoms with Crippen molar-refractivity contribution in [2.75, 3.05) is 36.5 Å². The summed E-state index contributed by atoms with van der Waals surface area (Å²) >= 11 is 1.62. The molecule has 4 rings (SSSR count). The maximum absolute atomic E-state index is 12.6. The predicted octanol–water partition coefficient (Wildman–Crippen LogP) is 3.65. The summed E-state index contributed by atoms with van der Waals surface area (Å²) in [4.78, 5) is 28.6. The number of rotatable bonds is 5. The van der Waals surface area contributed by atoms with Gasteiger partial charge in [-0.2, -0.15) is 0 Å². The van der Waals surface area contributed by atoms with Crippen LogP contribution in [0.25, 0.3) is 0 Å². The Morgan fingerprint density at radius 2 is 1.86 bits per heavy atom. The van der Waals surface area contributed by atoms with E-state index >= 15 is 0 Å². The van der Waals surface area contributed by atoms with Crippen LogP contribution in [0.3, 0.4) is 0 Å². The van der Waals surface area contributed by atoms with Crippen LogP contribution in [0.4, 0.5) is 11.4 Å². The smallest absolute Gasteiger partial charge is 0.340 e. The van der Waals surface area contributed by atoms with Gasteiger partial charge < -0.3 is 19.7 Å². The van der Waals surface area contributed by atoms with Gasteiger partial charge in [0.05, 0.1) is 18.8 Å². The number of anilines is 2. The number of amides is 1. The lowest BCUT2D eigenvalue weighted by molar-refractivity contribution is -0.123. The first-order chi connectivity index (χ1) is 14.1. The third kappa shape index (κ3) is 4.62. The molecule has 1 aliphatic carbocycles. The summed E-state index contributed by atoms with van der Waals surface area (Å²) in [6.07, 6.45) is 3.36. The van der Waals surface area contributed by atoms with Crippen molar-refractivity contribution in [3.05, 3.63) is 45.6 Å². The van der Waals surface area contributed by atoms with Crippen molar-refractivity contribution in [1.29, 1.82) is 0 Å². The monoisotopic (exact) mass is 414 g/mol. The van der Waals surface area contributed by atoms with Crippen LogP contribution in [0.15, 0.2) is 29.6 Å². The molecule has 2 aromatic rings. The van der Waals surface area contributed by atoms with Crippen molar-refractivity contribution in [2.24, 2.45) is 0 Å². The zero-order valence-corrected chi connectivity index (χ0v) is 17.4. The molecule has 1 aromatic heterocycles. The molecular weight excluding hydrogens is 388 g/mol. The topological polar surface area (TPSA) is 67.9 Å². The van der Waals surface area contributed by atoms with Gasteiger partial charge in [0.25, 0.3) is 5.91 Å². The molecule has 29 heavy (non-hydrogen) atoms. The molecule has 2 aliphatic rings. The molecular formula is C22H26N2O4S. The fraction of sp³-hybridized carbons (Fsp3) is 0.455. The number of esters is 1. The minimum absolute atomic E-state index is 0.332. The molecule has 1 aromatic carbocycles. The van der Waals surface area contributed by atoms with Gasteiger partial charge in [-0.05, 0) is 62.4 Å². The largest absolute Gasteiger partial charge is 0.449 e. The minimum Gasteiger partial charge on any atom is -0.449 e. The molecule has 0 saturated carbocycles. The Hall–Kier alpha value is -2.38. The van der Waals surface area contributed by atoms with Gasteiger partial charge >= 0.3 is 5.97 Å². The van der Waals surface area contributed by atoms with E-state index < -0.39 is 12.1 Å². The van der Waals surface area contributed by atoms with Crippen molar-refractivity contribution in [2.45, 2.75) is 38.7 Å². The highest BCUT2D eigenvalue weighted by Gasteiger charge is 2.24. The second-order valence-corrected chi connectivity index (χ2v) is 8.41. The number of nitrogens with one attached hydrogen (secondary N) is 1. The fourth-order valence-corrected chi connectivity index (χ4v) is 4.88. The Labute approximate surface area is 174 Å². The van der Waals surface area contributed by atoms with Crippen LogP contribution >= 0.6 is 11.3 Å².